The molecule has 0 saturated heterocycles. The van der Waals surface area contributed by atoms with Gasteiger partial charge in [0, 0.05) is 0 Å². The summed E-state index contributed by atoms with van der Waals surface area (Å²) < 4.78 is 27.9. The van der Waals surface area contributed by atoms with Gasteiger partial charge in [0.1, 0.15) is 0 Å². The van der Waals surface area contributed by atoms with Gasteiger partial charge in [-0.15, -0.1) is 0 Å². The molecule has 3 aromatic rings. The van der Waals surface area contributed by atoms with Crippen LogP contribution in [0.25, 0.3) is 0 Å². The Morgan fingerprint density at radius 3 is 1.92 bits per heavy atom. The van der Waals surface area contributed by atoms with Crippen molar-refractivity contribution >= 4 is 15.7 Å². The van der Waals surface area contributed by atoms with Crippen molar-refractivity contribution in [2.75, 3.05) is 4.31 Å². The van der Waals surface area contributed by atoms with E-state index in [1.807, 2.05) is 67.6 Å². The molecule has 0 N–H and O–H groups in total. The van der Waals surface area contributed by atoms with E-state index in [2.05, 4.69) is 0 Å². The lowest BCUT2D eigenvalue weighted by atomic mass is 10.2. The Morgan fingerprint density at radius 1 is 0.750 bits per heavy atom. The molecule has 3 nitrogen and oxygen atoms in total. The number of para-hydroxylation sites is 1. The first kappa shape index (κ1) is 16.3. The van der Waals surface area contributed by atoms with E-state index in [0.717, 1.165) is 11.1 Å². The van der Waals surface area contributed by atoms with Crippen LogP contribution in [0.2, 0.25) is 0 Å². The van der Waals surface area contributed by atoms with Gasteiger partial charge in [0.05, 0.1) is 17.1 Å². The van der Waals surface area contributed by atoms with E-state index in [1.165, 1.54) is 4.31 Å². The summed E-state index contributed by atoms with van der Waals surface area (Å²) in [4.78, 5) is 0.296. The van der Waals surface area contributed by atoms with Crippen LogP contribution in [-0.4, -0.2) is 8.42 Å². The largest absolute Gasteiger partial charge is 0.264 e. The molecular formula is C20H19NO2S. The summed E-state index contributed by atoms with van der Waals surface area (Å²) >= 11 is 0. The van der Waals surface area contributed by atoms with Crippen molar-refractivity contribution < 1.29 is 8.42 Å². The Hall–Kier alpha value is -2.59. The van der Waals surface area contributed by atoms with Crippen LogP contribution in [-0.2, 0) is 16.6 Å². The van der Waals surface area contributed by atoms with E-state index in [0.29, 0.717) is 17.1 Å². The van der Waals surface area contributed by atoms with Crippen LogP contribution in [0.5, 0.6) is 0 Å². The van der Waals surface area contributed by atoms with Crippen molar-refractivity contribution in [2.24, 2.45) is 0 Å². The number of anilines is 1. The minimum absolute atomic E-state index is 0.295. The molecule has 0 radical (unpaired) electrons. The van der Waals surface area contributed by atoms with Crippen molar-refractivity contribution in [2.45, 2.75) is 18.4 Å². The fourth-order valence-electron chi connectivity index (χ4n) is 2.61. The molecule has 0 aliphatic carbocycles. The van der Waals surface area contributed by atoms with E-state index < -0.39 is 10.0 Å². The summed E-state index contributed by atoms with van der Waals surface area (Å²) in [6.07, 6.45) is 0. The van der Waals surface area contributed by atoms with Crippen LogP contribution in [0.1, 0.15) is 11.1 Å². The van der Waals surface area contributed by atoms with Gasteiger partial charge in [0.15, 0.2) is 0 Å². The molecule has 0 aliphatic rings. The molecule has 0 bridgehead atoms. The number of rotatable bonds is 5. The Labute approximate surface area is 143 Å². The van der Waals surface area contributed by atoms with E-state index in [-0.39, 0.29) is 0 Å². The lowest BCUT2D eigenvalue weighted by molar-refractivity contribution is 0.590. The highest BCUT2D eigenvalue weighted by atomic mass is 32.2. The second-order valence-corrected chi connectivity index (χ2v) is 7.46. The first-order valence-corrected chi connectivity index (χ1v) is 9.20. The number of hydrogen-bond acceptors (Lipinski definition) is 2. The van der Waals surface area contributed by atoms with Gasteiger partial charge in [-0.2, -0.15) is 0 Å². The van der Waals surface area contributed by atoms with E-state index in [4.69, 9.17) is 0 Å². The van der Waals surface area contributed by atoms with Gasteiger partial charge in [0.2, 0.25) is 0 Å². The number of nitrogens with zero attached hydrogens (tertiary/aromatic N) is 1. The van der Waals surface area contributed by atoms with Crippen molar-refractivity contribution in [1.82, 2.24) is 0 Å². The van der Waals surface area contributed by atoms with Crippen LogP contribution in [0.4, 0.5) is 5.69 Å². The molecule has 0 aliphatic heterocycles. The molecule has 0 aromatic heterocycles. The smallest absolute Gasteiger partial charge is 0.262 e. The molecule has 0 unspecified atom stereocenters. The zero-order chi connectivity index (χ0) is 17.0. The standard InChI is InChI=1S/C20H19NO2S/c1-17-10-8-9-15-20(17)21(16-18-11-4-2-5-12-18)24(22,23)19-13-6-3-7-14-19/h2-15H,16H2,1H3. The van der Waals surface area contributed by atoms with E-state index >= 15 is 0 Å². The Balaban J connectivity index is 2.10. The van der Waals surface area contributed by atoms with E-state index in [9.17, 15) is 8.42 Å². The number of sulfonamides is 1. The molecule has 24 heavy (non-hydrogen) atoms. The van der Waals surface area contributed by atoms with Crippen LogP contribution in [0, 0.1) is 6.92 Å². The number of hydrogen-bond donors (Lipinski definition) is 0. The molecule has 0 atom stereocenters. The molecule has 0 amide bonds. The van der Waals surface area contributed by atoms with Crippen LogP contribution < -0.4 is 4.31 Å². The third-order valence-corrected chi connectivity index (χ3v) is 5.66. The summed E-state index contributed by atoms with van der Waals surface area (Å²) in [5, 5.41) is 0. The zero-order valence-corrected chi connectivity index (χ0v) is 14.3. The molecule has 0 saturated carbocycles. The monoisotopic (exact) mass is 337 g/mol. The second kappa shape index (κ2) is 6.89. The molecule has 3 rings (SSSR count). The van der Waals surface area contributed by atoms with Gasteiger partial charge in [-0.25, -0.2) is 8.42 Å². The SMILES string of the molecule is Cc1ccccc1N(Cc1ccccc1)S(=O)(=O)c1ccccc1. The summed E-state index contributed by atoms with van der Waals surface area (Å²) in [5.74, 6) is 0. The second-order valence-electron chi connectivity index (χ2n) is 5.60. The van der Waals surface area contributed by atoms with Crippen molar-refractivity contribution in [3.8, 4) is 0 Å². The highest BCUT2D eigenvalue weighted by molar-refractivity contribution is 7.92. The first-order valence-electron chi connectivity index (χ1n) is 7.76. The normalized spacial score (nSPS) is 11.2. The molecule has 0 fully saturated rings. The topological polar surface area (TPSA) is 37.4 Å². The average Bonchev–Trinajstić information content (AvgIpc) is 2.62. The Kier molecular flexibility index (Phi) is 4.67. The van der Waals surface area contributed by atoms with Gasteiger partial charge in [0.25, 0.3) is 10.0 Å². The van der Waals surface area contributed by atoms with Gasteiger partial charge in [-0.05, 0) is 36.2 Å². The molecule has 122 valence electrons. The Bertz CT molecular complexity index is 907. The fraction of sp³-hybridized carbons (Fsp3) is 0.100. The molecule has 3 aromatic carbocycles. The van der Waals surface area contributed by atoms with Gasteiger partial charge >= 0.3 is 0 Å². The summed E-state index contributed by atoms with van der Waals surface area (Å²) in [7, 11) is -3.64. The van der Waals surface area contributed by atoms with Crippen LogP contribution in [0.15, 0.2) is 89.8 Å². The number of benzene rings is 3. The Morgan fingerprint density at radius 2 is 1.29 bits per heavy atom. The van der Waals surface area contributed by atoms with Gasteiger partial charge in [-0.1, -0.05) is 66.7 Å². The third kappa shape index (κ3) is 3.34. The highest BCUT2D eigenvalue weighted by Gasteiger charge is 2.25. The summed E-state index contributed by atoms with van der Waals surface area (Å²) in [5.41, 5.74) is 2.57. The lowest BCUT2D eigenvalue weighted by Crippen LogP contribution is -2.31. The van der Waals surface area contributed by atoms with Crippen LogP contribution >= 0.6 is 0 Å². The third-order valence-electron chi connectivity index (χ3n) is 3.88. The van der Waals surface area contributed by atoms with Crippen molar-refractivity contribution in [1.29, 1.82) is 0 Å². The van der Waals surface area contributed by atoms with Crippen molar-refractivity contribution in [3.05, 3.63) is 96.1 Å². The molecule has 0 heterocycles. The fourth-order valence-corrected chi connectivity index (χ4v) is 4.15. The minimum atomic E-state index is -3.64. The summed E-state index contributed by atoms with van der Waals surface area (Å²) in [6.45, 7) is 2.22. The molecule has 4 heteroatoms. The lowest BCUT2D eigenvalue weighted by Gasteiger charge is -2.26. The van der Waals surface area contributed by atoms with Gasteiger partial charge in [-0.3, -0.25) is 4.31 Å². The maximum atomic E-state index is 13.2. The maximum Gasteiger partial charge on any atom is 0.264 e. The zero-order valence-electron chi connectivity index (χ0n) is 13.5. The first-order chi connectivity index (χ1) is 11.6. The predicted octanol–water partition coefficient (Wildman–Crippen LogP) is 4.39. The van der Waals surface area contributed by atoms with E-state index in [1.54, 1.807) is 24.3 Å². The van der Waals surface area contributed by atoms with Crippen molar-refractivity contribution in [3.63, 3.8) is 0 Å². The number of aryl methyl sites for hydroxylation is 1. The maximum absolute atomic E-state index is 13.2. The predicted molar refractivity (Wildman–Crippen MR) is 97.4 cm³/mol. The molecular weight excluding hydrogens is 318 g/mol. The quantitative estimate of drug-likeness (QED) is 0.692. The van der Waals surface area contributed by atoms with Crippen LogP contribution in [0.3, 0.4) is 0 Å². The molecule has 0 spiro atoms. The summed E-state index contributed by atoms with van der Waals surface area (Å²) in [6, 6.07) is 25.7. The van der Waals surface area contributed by atoms with Gasteiger partial charge < -0.3 is 0 Å². The highest BCUT2D eigenvalue weighted by Crippen LogP contribution is 2.28. The minimum Gasteiger partial charge on any atom is -0.262 e. The average molecular weight is 337 g/mol.